The number of halogens is 2. The maximum absolute atomic E-state index is 11.8. The minimum atomic E-state index is -0.381. The molecule has 0 bridgehead atoms. The van der Waals surface area contributed by atoms with E-state index in [9.17, 15) is 4.79 Å². The SMILES string of the molecule is Cc1nc(NC(=O)c2ccc(Cl)nn2)ccc1Br. The van der Waals surface area contributed by atoms with Crippen LogP contribution in [0.1, 0.15) is 16.2 Å². The van der Waals surface area contributed by atoms with Crippen molar-refractivity contribution >= 4 is 39.3 Å². The molecule has 2 aromatic heterocycles. The topological polar surface area (TPSA) is 67.8 Å². The van der Waals surface area contributed by atoms with Crippen LogP contribution in [-0.4, -0.2) is 21.1 Å². The maximum atomic E-state index is 11.8. The van der Waals surface area contributed by atoms with Crippen LogP contribution in [0.15, 0.2) is 28.7 Å². The van der Waals surface area contributed by atoms with E-state index in [0.717, 1.165) is 10.2 Å². The van der Waals surface area contributed by atoms with Crippen molar-refractivity contribution in [1.29, 1.82) is 0 Å². The quantitative estimate of drug-likeness (QED) is 0.921. The normalized spacial score (nSPS) is 10.2. The summed E-state index contributed by atoms with van der Waals surface area (Å²) in [6, 6.07) is 6.50. The van der Waals surface area contributed by atoms with Crippen LogP contribution in [0.5, 0.6) is 0 Å². The number of rotatable bonds is 2. The van der Waals surface area contributed by atoms with Crippen LogP contribution in [0.3, 0.4) is 0 Å². The van der Waals surface area contributed by atoms with Gasteiger partial charge in [0.25, 0.3) is 5.91 Å². The predicted octanol–water partition coefficient (Wildman–Crippen LogP) is 2.85. The molecule has 1 N–H and O–H groups in total. The summed E-state index contributed by atoms with van der Waals surface area (Å²) in [4.78, 5) is 16.0. The number of hydrogen-bond acceptors (Lipinski definition) is 4. The van der Waals surface area contributed by atoms with Crippen molar-refractivity contribution in [1.82, 2.24) is 15.2 Å². The Labute approximate surface area is 117 Å². The Balaban J connectivity index is 2.16. The molecule has 0 aliphatic heterocycles. The first-order chi connectivity index (χ1) is 8.56. The van der Waals surface area contributed by atoms with E-state index in [1.807, 2.05) is 13.0 Å². The third kappa shape index (κ3) is 3.02. The molecule has 0 radical (unpaired) electrons. The lowest BCUT2D eigenvalue weighted by Gasteiger charge is -2.05. The monoisotopic (exact) mass is 326 g/mol. The lowest BCUT2D eigenvalue weighted by molar-refractivity contribution is 0.102. The van der Waals surface area contributed by atoms with Crippen molar-refractivity contribution in [3.05, 3.63) is 45.3 Å². The molecular formula is C11H8BrClN4O. The molecular weight excluding hydrogens is 320 g/mol. The summed E-state index contributed by atoms with van der Waals surface area (Å²) in [6.07, 6.45) is 0. The zero-order chi connectivity index (χ0) is 13.1. The van der Waals surface area contributed by atoms with Crippen molar-refractivity contribution in [3.8, 4) is 0 Å². The molecule has 0 aliphatic rings. The number of anilines is 1. The minimum Gasteiger partial charge on any atom is -0.305 e. The van der Waals surface area contributed by atoms with Gasteiger partial charge in [0.2, 0.25) is 0 Å². The third-order valence-electron chi connectivity index (χ3n) is 2.13. The van der Waals surface area contributed by atoms with Gasteiger partial charge in [0.1, 0.15) is 5.82 Å². The van der Waals surface area contributed by atoms with E-state index in [1.54, 1.807) is 6.07 Å². The van der Waals surface area contributed by atoms with E-state index >= 15 is 0 Å². The molecule has 2 aromatic rings. The number of aromatic nitrogens is 3. The molecule has 0 spiro atoms. The maximum Gasteiger partial charge on any atom is 0.277 e. The highest BCUT2D eigenvalue weighted by Crippen LogP contribution is 2.16. The second-order valence-electron chi connectivity index (χ2n) is 3.46. The van der Waals surface area contributed by atoms with E-state index in [0.29, 0.717) is 5.82 Å². The Hall–Kier alpha value is -1.53. The zero-order valence-electron chi connectivity index (χ0n) is 9.32. The van der Waals surface area contributed by atoms with Gasteiger partial charge >= 0.3 is 0 Å². The summed E-state index contributed by atoms with van der Waals surface area (Å²) in [6.45, 7) is 1.84. The highest BCUT2D eigenvalue weighted by atomic mass is 79.9. The van der Waals surface area contributed by atoms with Crippen molar-refractivity contribution in [2.75, 3.05) is 5.32 Å². The fourth-order valence-electron chi connectivity index (χ4n) is 1.23. The van der Waals surface area contributed by atoms with E-state index in [2.05, 4.69) is 36.4 Å². The molecule has 0 fully saturated rings. The second-order valence-corrected chi connectivity index (χ2v) is 4.70. The molecule has 92 valence electrons. The summed E-state index contributed by atoms with van der Waals surface area (Å²) < 4.78 is 0.881. The van der Waals surface area contributed by atoms with Gasteiger partial charge in [-0.15, -0.1) is 10.2 Å². The van der Waals surface area contributed by atoms with Gasteiger partial charge in [0.05, 0.1) is 5.69 Å². The van der Waals surface area contributed by atoms with E-state index in [1.165, 1.54) is 12.1 Å². The number of carbonyl (C=O) groups excluding carboxylic acids is 1. The number of pyridine rings is 1. The van der Waals surface area contributed by atoms with Gasteiger partial charge in [-0.1, -0.05) is 11.6 Å². The van der Waals surface area contributed by atoms with Crippen LogP contribution in [0.4, 0.5) is 5.82 Å². The number of carbonyl (C=O) groups is 1. The number of aryl methyl sites for hydroxylation is 1. The molecule has 2 heterocycles. The van der Waals surface area contributed by atoms with Crippen molar-refractivity contribution in [2.24, 2.45) is 0 Å². The molecule has 5 nitrogen and oxygen atoms in total. The van der Waals surface area contributed by atoms with Crippen molar-refractivity contribution in [3.63, 3.8) is 0 Å². The molecule has 0 atom stereocenters. The lowest BCUT2D eigenvalue weighted by Crippen LogP contribution is -2.15. The molecule has 0 aliphatic carbocycles. The van der Waals surface area contributed by atoms with Gasteiger partial charge in [-0.2, -0.15) is 0 Å². The molecule has 0 aromatic carbocycles. The molecule has 0 unspecified atom stereocenters. The first-order valence-electron chi connectivity index (χ1n) is 5.00. The van der Waals surface area contributed by atoms with Crippen LogP contribution in [0.2, 0.25) is 5.15 Å². The number of amides is 1. The molecule has 1 amide bonds. The summed E-state index contributed by atoms with van der Waals surface area (Å²) in [5, 5.41) is 10.2. The zero-order valence-corrected chi connectivity index (χ0v) is 11.7. The Morgan fingerprint density at radius 1 is 1.28 bits per heavy atom. The third-order valence-corrected chi connectivity index (χ3v) is 3.17. The predicted molar refractivity (Wildman–Crippen MR) is 71.7 cm³/mol. The Morgan fingerprint density at radius 3 is 2.67 bits per heavy atom. The average molecular weight is 328 g/mol. The van der Waals surface area contributed by atoms with Crippen LogP contribution in [-0.2, 0) is 0 Å². The summed E-state index contributed by atoms with van der Waals surface area (Å²) >= 11 is 8.93. The van der Waals surface area contributed by atoms with Gasteiger partial charge in [0, 0.05) is 4.47 Å². The summed E-state index contributed by atoms with van der Waals surface area (Å²) in [5.74, 6) is 0.0749. The summed E-state index contributed by atoms with van der Waals surface area (Å²) in [5.41, 5.74) is 0.969. The smallest absolute Gasteiger partial charge is 0.277 e. The Kier molecular flexibility index (Phi) is 3.88. The van der Waals surface area contributed by atoms with Gasteiger partial charge in [-0.05, 0) is 47.1 Å². The highest BCUT2D eigenvalue weighted by molar-refractivity contribution is 9.10. The molecule has 18 heavy (non-hydrogen) atoms. The molecule has 7 heteroatoms. The average Bonchev–Trinajstić information content (AvgIpc) is 2.34. The largest absolute Gasteiger partial charge is 0.305 e. The van der Waals surface area contributed by atoms with Crippen LogP contribution in [0.25, 0.3) is 0 Å². The van der Waals surface area contributed by atoms with Gasteiger partial charge in [-0.3, -0.25) is 4.79 Å². The molecule has 0 saturated carbocycles. The molecule has 2 rings (SSSR count). The minimum absolute atomic E-state index is 0.182. The van der Waals surface area contributed by atoms with Crippen molar-refractivity contribution in [2.45, 2.75) is 6.92 Å². The first kappa shape index (κ1) is 12.9. The van der Waals surface area contributed by atoms with Gasteiger partial charge < -0.3 is 5.32 Å². The number of hydrogen-bond donors (Lipinski definition) is 1. The van der Waals surface area contributed by atoms with Crippen LogP contribution in [0, 0.1) is 6.92 Å². The molecule has 0 saturated heterocycles. The fourth-order valence-corrected chi connectivity index (χ4v) is 1.55. The lowest BCUT2D eigenvalue weighted by atomic mass is 10.3. The standard InChI is InChI=1S/C11H8BrClN4O/c1-6-7(12)2-5-10(14-6)15-11(18)8-3-4-9(13)17-16-8/h2-5H,1H3,(H,14,15,18). The number of nitrogens with one attached hydrogen (secondary N) is 1. The van der Waals surface area contributed by atoms with Crippen molar-refractivity contribution < 1.29 is 4.79 Å². The van der Waals surface area contributed by atoms with Gasteiger partial charge in [-0.25, -0.2) is 4.98 Å². The van der Waals surface area contributed by atoms with Crippen LogP contribution >= 0.6 is 27.5 Å². The second kappa shape index (κ2) is 5.41. The van der Waals surface area contributed by atoms with E-state index in [-0.39, 0.29) is 16.8 Å². The first-order valence-corrected chi connectivity index (χ1v) is 6.17. The fraction of sp³-hybridized carbons (Fsp3) is 0.0909. The van der Waals surface area contributed by atoms with Gasteiger partial charge in [0.15, 0.2) is 10.8 Å². The number of nitrogens with zero attached hydrogens (tertiary/aromatic N) is 3. The Bertz CT molecular complexity index is 588. The summed E-state index contributed by atoms with van der Waals surface area (Å²) in [7, 11) is 0. The highest BCUT2D eigenvalue weighted by Gasteiger charge is 2.09. The Morgan fingerprint density at radius 2 is 2.06 bits per heavy atom. The van der Waals surface area contributed by atoms with E-state index < -0.39 is 0 Å². The van der Waals surface area contributed by atoms with E-state index in [4.69, 9.17) is 11.6 Å². The van der Waals surface area contributed by atoms with Crippen LogP contribution < -0.4 is 5.32 Å².